The number of carbonyl (C=O) groups is 8. The van der Waals surface area contributed by atoms with Gasteiger partial charge in [0, 0.05) is 70.2 Å². The van der Waals surface area contributed by atoms with Crippen molar-refractivity contribution in [1.82, 2.24) is 40.2 Å². The summed E-state index contributed by atoms with van der Waals surface area (Å²) in [6, 6.07) is 6.49. The summed E-state index contributed by atoms with van der Waals surface area (Å²) in [5.41, 5.74) is -12.7. The smallest absolute Gasteiger partial charge is 0.344 e. The number of aliphatic hydroxyl groups excluding tert-OH is 12. The van der Waals surface area contributed by atoms with Crippen molar-refractivity contribution in [2.75, 3.05) is 158 Å². The highest BCUT2D eigenvalue weighted by atomic mass is 32.2. The molecule has 116 heavy (non-hydrogen) atoms. The highest BCUT2D eigenvalue weighted by Gasteiger charge is 2.37. The number of fused-ring (bicyclic) bond motifs is 8. The summed E-state index contributed by atoms with van der Waals surface area (Å²) in [7, 11) is -21.2. The summed E-state index contributed by atoms with van der Waals surface area (Å²) < 4.78 is 175. The van der Waals surface area contributed by atoms with E-state index < -0.39 is 354 Å². The topological polar surface area (TPSA) is 686 Å². The molecule has 0 saturated carbocycles. The van der Waals surface area contributed by atoms with Crippen LogP contribution in [0.25, 0.3) is 0 Å². The van der Waals surface area contributed by atoms with Gasteiger partial charge in [0.15, 0.2) is 26.4 Å². The van der Waals surface area contributed by atoms with E-state index in [-0.39, 0.29) is 26.4 Å². The molecule has 20 N–H and O–H groups in total. The minimum Gasteiger partial charge on any atom is -0.481 e. The van der Waals surface area contributed by atoms with Crippen molar-refractivity contribution in [1.29, 1.82) is 0 Å². The molecule has 0 atom stereocenters. The fourth-order valence-corrected chi connectivity index (χ4v) is 15.2. The minimum atomic E-state index is -5.30. The van der Waals surface area contributed by atoms with Crippen molar-refractivity contribution in [3.8, 4) is 23.0 Å². The third-order valence-electron chi connectivity index (χ3n) is 17.1. The van der Waals surface area contributed by atoms with Gasteiger partial charge in [-0.3, -0.25) is 19.2 Å². The van der Waals surface area contributed by atoms with Crippen molar-refractivity contribution < 1.29 is 171 Å². The molecule has 0 radical (unpaired) electrons. The number of nitrogens with one attached hydrogen (secondary N) is 8. The highest BCUT2D eigenvalue weighted by Crippen LogP contribution is 2.43. The van der Waals surface area contributed by atoms with Crippen LogP contribution in [-0.4, -0.2) is 323 Å². The van der Waals surface area contributed by atoms with Crippen LogP contribution in [-0.2, 0) is 123 Å². The van der Waals surface area contributed by atoms with Gasteiger partial charge in [-0.15, -0.1) is 0 Å². The van der Waals surface area contributed by atoms with E-state index in [0.717, 1.165) is 48.5 Å². The molecule has 0 saturated heterocycles. The average Bonchev–Trinajstić information content (AvgIpc) is 0.761. The molecule has 0 spiro atoms. The number of rotatable bonds is 48. The summed E-state index contributed by atoms with van der Waals surface area (Å²) in [6.07, 6.45) is -4.09. The number of benzene rings is 4. The van der Waals surface area contributed by atoms with Crippen molar-refractivity contribution in [2.45, 2.75) is 95.1 Å². The number of ether oxygens (including phenoxy) is 8. The van der Waals surface area contributed by atoms with E-state index in [0.29, 0.717) is 0 Å². The Bertz CT molecular complexity index is 3910. The Labute approximate surface area is 665 Å². The van der Waals surface area contributed by atoms with E-state index in [1.165, 1.54) is 27.7 Å². The van der Waals surface area contributed by atoms with Crippen LogP contribution >= 0.6 is 0 Å². The third-order valence-corrected chi connectivity index (χ3v) is 22.7. The third kappa shape index (κ3) is 26.5. The van der Waals surface area contributed by atoms with Crippen molar-refractivity contribution >= 4 is 87.6 Å². The summed E-state index contributed by atoms with van der Waals surface area (Å²) in [4.78, 5) is 105. The van der Waals surface area contributed by atoms with Crippen molar-refractivity contribution in [2.24, 2.45) is 0 Å². The largest absolute Gasteiger partial charge is 0.481 e. The molecule has 0 unspecified atom stereocenters. The van der Waals surface area contributed by atoms with Crippen LogP contribution in [0.1, 0.15) is 72.2 Å². The lowest BCUT2D eigenvalue weighted by atomic mass is 9.91. The lowest BCUT2D eigenvalue weighted by Crippen LogP contribution is -2.58. The van der Waals surface area contributed by atoms with Gasteiger partial charge in [0.1, 0.15) is 45.2 Å². The van der Waals surface area contributed by atoms with Gasteiger partial charge in [0.2, 0.25) is 63.7 Å². The molecule has 4 amide bonds. The maximum Gasteiger partial charge on any atom is 0.344 e. The molecule has 648 valence electrons. The molecule has 4 aromatic rings. The Morgan fingerprint density at radius 1 is 0.284 bits per heavy atom. The summed E-state index contributed by atoms with van der Waals surface area (Å²) >= 11 is 0. The number of amides is 4. The zero-order valence-corrected chi connectivity index (χ0v) is 66.5. The number of sulfonamides is 4. The first-order chi connectivity index (χ1) is 54.8. The van der Waals surface area contributed by atoms with Crippen LogP contribution in [0.2, 0.25) is 0 Å². The summed E-state index contributed by atoms with van der Waals surface area (Å²) in [5.74, 6) is -12.1. The molecule has 44 nitrogen and oxygen atoms in total. The van der Waals surface area contributed by atoms with Gasteiger partial charge in [-0.1, -0.05) is 0 Å². The molecule has 0 aromatic heterocycles. The second-order valence-corrected chi connectivity index (χ2v) is 32.9. The molecule has 48 heteroatoms. The van der Waals surface area contributed by atoms with Gasteiger partial charge in [0.25, 0.3) is 0 Å². The van der Waals surface area contributed by atoms with E-state index in [4.69, 9.17) is 37.9 Å². The maximum atomic E-state index is 15.1. The Hall–Kier alpha value is -9.00. The van der Waals surface area contributed by atoms with E-state index in [1.54, 1.807) is 0 Å². The predicted octanol–water partition coefficient (Wildman–Crippen LogP) is -9.43. The number of esters is 4. The first kappa shape index (κ1) is 97.6. The van der Waals surface area contributed by atoms with Gasteiger partial charge < -0.3 is 120 Å². The lowest BCUT2D eigenvalue weighted by molar-refractivity contribution is -0.146. The van der Waals surface area contributed by atoms with Gasteiger partial charge in [-0.05, 0) is 76.2 Å². The first-order valence-corrected chi connectivity index (χ1v) is 41.0. The summed E-state index contributed by atoms with van der Waals surface area (Å²) in [5, 5.41) is 129. The standard InChI is InChI=1S/C68H96N8O36S4/c1-5-105-57(93)25-109-61-41-9-43-15-50(114(99,100)70-22-54(90)74-66(32-80,33-81)34-82)17-45(62(43)110-26-58(94)106-6-2)11-47-19-52(116(103,104)72-24-56(92)76-68(38-86,39-87)40-88)20-48(64(47)112-28-60(96)108-8-4)12-46-18-51(115(101,102)71-23-55(91)75-67(35-83,36-84)37-85)16-44(63(46)111-27-59(95)107-7-3)10-42(61)14-49(13-41)113(97,98)69-21-53(89)73-65(29-77,30-78)31-79/h13-20,69-72,77-88H,5-12,21-40H2,1-4H3,(H,73,89)(H,74,90)(H,75,91)(H,76,92). The maximum absolute atomic E-state index is 15.1. The highest BCUT2D eigenvalue weighted by molar-refractivity contribution is 7.90. The number of hydrogen-bond donors (Lipinski definition) is 20. The SMILES string of the molecule is CCOC(=O)COc1c2cc(S(=O)(=O)NCC(=O)NC(CO)(CO)CO)cc1Cc1cc(S(=O)(=O)NCC(=O)NC(CO)(CO)CO)cc(c1OCC(=O)OCC)Cc1cc(S(=O)(=O)NCC(=O)NC(CO)(CO)CO)cc(c1OCC(=O)OCC)Cc1cc(S(=O)(=O)NCC(=O)NC(CO)(CO)CO)cc(c1OCC(=O)OCC)C2. The minimum absolute atomic E-state index is 0.298. The van der Waals surface area contributed by atoms with E-state index in [2.05, 4.69) is 21.3 Å². The Kier molecular flexibility index (Phi) is 37.0. The summed E-state index contributed by atoms with van der Waals surface area (Å²) in [6.45, 7) is -18.2. The molecule has 8 bridgehead atoms. The normalized spacial score (nSPS) is 12.8. The number of carbonyl (C=O) groups excluding carboxylic acids is 8. The van der Waals surface area contributed by atoms with Gasteiger partial charge in [0.05, 0.1) is 151 Å². The van der Waals surface area contributed by atoms with E-state index in [1.807, 2.05) is 18.9 Å². The van der Waals surface area contributed by atoms with Crippen LogP contribution < -0.4 is 59.1 Å². The van der Waals surface area contributed by atoms with E-state index in [9.17, 15) is 99.6 Å². The zero-order chi connectivity index (χ0) is 86.6. The first-order valence-electron chi connectivity index (χ1n) is 35.1. The zero-order valence-electron chi connectivity index (χ0n) is 63.2. The average molecular weight is 1730 g/mol. The van der Waals surface area contributed by atoms with Gasteiger partial charge in [-0.25, -0.2) is 71.7 Å². The second-order valence-electron chi connectivity index (χ2n) is 25.9. The lowest BCUT2D eigenvalue weighted by Gasteiger charge is -2.28. The van der Waals surface area contributed by atoms with Crippen LogP contribution in [0.4, 0.5) is 0 Å². The van der Waals surface area contributed by atoms with Crippen molar-refractivity contribution in [3.05, 3.63) is 93.0 Å². The van der Waals surface area contributed by atoms with Gasteiger partial charge in [-0.2, -0.15) is 0 Å². The van der Waals surface area contributed by atoms with E-state index >= 15 is 33.7 Å². The number of hydrogen-bond acceptors (Lipinski definition) is 36. The van der Waals surface area contributed by atoms with Crippen molar-refractivity contribution in [3.63, 3.8) is 0 Å². The Balaban J connectivity index is 2.19. The molecule has 0 aliphatic heterocycles. The van der Waals surface area contributed by atoms with Crippen LogP contribution in [0.3, 0.4) is 0 Å². The fourth-order valence-electron chi connectivity index (χ4n) is 10.9. The Morgan fingerprint density at radius 3 is 0.560 bits per heavy atom. The number of aliphatic hydroxyl groups is 12. The molecule has 4 aromatic carbocycles. The molecule has 1 aliphatic rings. The molecule has 0 fully saturated rings. The molecule has 0 heterocycles. The van der Waals surface area contributed by atoms with Crippen LogP contribution in [0.5, 0.6) is 23.0 Å². The molecular weight excluding hydrogens is 1630 g/mol. The fraction of sp³-hybridized carbons (Fsp3) is 0.529. The predicted molar refractivity (Wildman–Crippen MR) is 395 cm³/mol. The quantitative estimate of drug-likeness (QED) is 0.0127. The van der Waals surface area contributed by atoms with Crippen LogP contribution in [0.15, 0.2) is 68.1 Å². The monoisotopic (exact) mass is 1730 g/mol. The molecule has 1 aliphatic carbocycles. The molecular formula is C68H96N8O36S4. The van der Waals surface area contributed by atoms with Crippen LogP contribution in [0, 0.1) is 0 Å². The second kappa shape index (κ2) is 44.0. The van der Waals surface area contributed by atoms with Gasteiger partial charge >= 0.3 is 23.9 Å². The Morgan fingerprint density at radius 2 is 0.431 bits per heavy atom. The molecule has 5 rings (SSSR count).